The maximum absolute atomic E-state index is 12.0. The van der Waals surface area contributed by atoms with Gasteiger partial charge in [-0.05, 0) is 24.1 Å². The number of alkyl halides is 4. The molecule has 2 nitrogen and oxygen atoms in total. The van der Waals surface area contributed by atoms with Gasteiger partial charge in [-0.25, -0.2) is 0 Å². The smallest absolute Gasteiger partial charge is 0.406 e. The molecule has 1 aliphatic heterocycles. The summed E-state index contributed by atoms with van der Waals surface area (Å²) in [6.45, 7) is 0.628. The van der Waals surface area contributed by atoms with Crippen LogP contribution in [0.25, 0.3) is 0 Å². The van der Waals surface area contributed by atoms with Crippen LogP contribution >= 0.6 is 11.6 Å². The van der Waals surface area contributed by atoms with Crippen molar-refractivity contribution in [2.24, 2.45) is 5.92 Å². The zero-order chi connectivity index (χ0) is 13.2. The number of hydrogen-bond acceptors (Lipinski definition) is 2. The van der Waals surface area contributed by atoms with Crippen molar-refractivity contribution in [2.45, 2.75) is 18.9 Å². The van der Waals surface area contributed by atoms with Crippen molar-refractivity contribution in [3.05, 3.63) is 29.8 Å². The van der Waals surface area contributed by atoms with Gasteiger partial charge in [-0.1, -0.05) is 12.1 Å². The Kier molecular flexibility index (Phi) is 4.02. The first-order valence-corrected chi connectivity index (χ1v) is 6.06. The molecular weight excluding hydrogens is 269 g/mol. The second-order valence-electron chi connectivity index (χ2n) is 4.11. The zero-order valence-electron chi connectivity index (χ0n) is 9.41. The minimum Gasteiger partial charge on any atom is -0.406 e. The molecule has 0 N–H and O–H groups in total. The Morgan fingerprint density at radius 2 is 1.94 bits per heavy atom. The fourth-order valence-corrected chi connectivity index (χ4v) is 2.34. The van der Waals surface area contributed by atoms with Crippen LogP contribution in [0.2, 0.25) is 0 Å². The van der Waals surface area contributed by atoms with Crippen molar-refractivity contribution < 1.29 is 22.6 Å². The Morgan fingerprint density at radius 3 is 2.50 bits per heavy atom. The molecule has 1 saturated heterocycles. The second-order valence-corrected chi connectivity index (χ2v) is 4.42. The molecule has 0 amide bonds. The molecule has 0 bridgehead atoms. The summed E-state index contributed by atoms with van der Waals surface area (Å²) in [4.78, 5) is 0. The van der Waals surface area contributed by atoms with Gasteiger partial charge in [0.25, 0.3) is 0 Å². The predicted octanol–water partition coefficient (Wildman–Crippen LogP) is 3.90. The van der Waals surface area contributed by atoms with E-state index in [1.165, 1.54) is 12.1 Å². The van der Waals surface area contributed by atoms with Gasteiger partial charge in [-0.15, -0.1) is 24.8 Å². The lowest BCUT2D eigenvalue weighted by atomic mass is 9.97. The molecule has 0 spiro atoms. The molecular formula is C12H12ClF3O2. The summed E-state index contributed by atoms with van der Waals surface area (Å²) in [6, 6.07) is 5.73. The van der Waals surface area contributed by atoms with Crippen molar-refractivity contribution in [2.75, 3.05) is 12.5 Å². The van der Waals surface area contributed by atoms with Crippen LogP contribution in [-0.4, -0.2) is 18.8 Å². The number of hydrogen-bond donors (Lipinski definition) is 0. The lowest BCUT2D eigenvalue weighted by Crippen LogP contribution is -2.17. The molecule has 0 aromatic heterocycles. The highest BCUT2D eigenvalue weighted by molar-refractivity contribution is 6.18. The van der Waals surface area contributed by atoms with E-state index in [-0.39, 0.29) is 17.8 Å². The van der Waals surface area contributed by atoms with Gasteiger partial charge in [0, 0.05) is 18.4 Å². The number of ether oxygens (including phenoxy) is 2. The molecule has 1 aromatic rings. The first kappa shape index (κ1) is 13.5. The standard InChI is InChI=1S/C12H12ClF3O2/c13-7-9-5-6-17-11(9)8-1-3-10(4-2-8)18-12(14,15)16/h1-4,9,11H,5-7H2. The molecule has 100 valence electrons. The molecule has 1 aliphatic rings. The molecule has 0 radical (unpaired) electrons. The van der Waals surface area contributed by atoms with Crippen LogP contribution in [0.1, 0.15) is 18.1 Å². The third-order valence-electron chi connectivity index (χ3n) is 2.85. The molecule has 6 heteroatoms. The van der Waals surface area contributed by atoms with Gasteiger partial charge in [0.05, 0.1) is 6.10 Å². The fourth-order valence-electron chi connectivity index (χ4n) is 2.02. The SMILES string of the molecule is FC(F)(F)Oc1ccc(C2OCCC2CCl)cc1. The van der Waals surface area contributed by atoms with Gasteiger partial charge in [-0.3, -0.25) is 0 Å². The van der Waals surface area contributed by atoms with Crippen LogP contribution in [-0.2, 0) is 4.74 Å². The zero-order valence-corrected chi connectivity index (χ0v) is 10.2. The number of benzene rings is 1. The van der Waals surface area contributed by atoms with E-state index in [2.05, 4.69) is 4.74 Å². The maximum atomic E-state index is 12.0. The highest BCUT2D eigenvalue weighted by Crippen LogP contribution is 2.36. The Hall–Kier alpha value is -0.940. The van der Waals surface area contributed by atoms with E-state index >= 15 is 0 Å². The summed E-state index contributed by atoms with van der Waals surface area (Å²) >= 11 is 5.82. The monoisotopic (exact) mass is 280 g/mol. The molecule has 1 fully saturated rings. The van der Waals surface area contributed by atoms with Crippen molar-refractivity contribution in [3.63, 3.8) is 0 Å². The summed E-state index contributed by atoms with van der Waals surface area (Å²) in [7, 11) is 0. The van der Waals surface area contributed by atoms with Crippen molar-refractivity contribution in [3.8, 4) is 5.75 Å². The minimum absolute atomic E-state index is 0.137. The number of halogens is 4. The normalized spacial score (nSPS) is 24.2. The van der Waals surface area contributed by atoms with E-state index in [4.69, 9.17) is 16.3 Å². The highest BCUT2D eigenvalue weighted by Gasteiger charge is 2.32. The molecule has 18 heavy (non-hydrogen) atoms. The average molecular weight is 281 g/mol. The summed E-state index contributed by atoms with van der Waals surface area (Å²) in [5.41, 5.74) is 0.827. The summed E-state index contributed by atoms with van der Waals surface area (Å²) in [5, 5.41) is 0. The van der Waals surface area contributed by atoms with Gasteiger partial charge in [0.2, 0.25) is 0 Å². The van der Waals surface area contributed by atoms with Crippen LogP contribution < -0.4 is 4.74 Å². The topological polar surface area (TPSA) is 18.5 Å². The molecule has 2 atom stereocenters. The van der Waals surface area contributed by atoms with Gasteiger partial charge >= 0.3 is 6.36 Å². The van der Waals surface area contributed by atoms with Crippen molar-refractivity contribution in [1.29, 1.82) is 0 Å². The Bertz CT molecular complexity index is 391. The summed E-state index contributed by atoms with van der Waals surface area (Å²) < 4.78 is 45.3. The minimum atomic E-state index is -4.66. The Labute approximate surface area is 108 Å². The van der Waals surface area contributed by atoms with Gasteiger partial charge in [-0.2, -0.15) is 0 Å². The van der Waals surface area contributed by atoms with Crippen LogP contribution in [0.15, 0.2) is 24.3 Å². The predicted molar refractivity (Wildman–Crippen MR) is 60.6 cm³/mol. The van der Waals surface area contributed by atoms with Gasteiger partial charge in [0.15, 0.2) is 0 Å². The second kappa shape index (κ2) is 5.36. The van der Waals surface area contributed by atoms with Crippen LogP contribution in [0.3, 0.4) is 0 Å². The first-order valence-electron chi connectivity index (χ1n) is 5.53. The van der Waals surface area contributed by atoms with Gasteiger partial charge in [0.1, 0.15) is 5.75 Å². The molecule has 0 saturated carbocycles. The van der Waals surface area contributed by atoms with E-state index in [0.717, 1.165) is 12.0 Å². The first-order chi connectivity index (χ1) is 8.49. The number of rotatable bonds is 3. The molecule has 1 aromatic carbocycles. The van der Waals surface area contributed by atoms with Crippen LogP contribution in [0.4, 0.5) is 13.2 Å². The molecule has 1 heterocycles. The summed E-state index contributed by atoms with van der Waals surface area (Å²) in [5.74, 6) is 0.457. The highest BCUT2D eigenvalue weighted by atomic mass is 35.5. The van der Waals surface area contributed by atoms with E-state index in [0.29, 0.717) is 12.5 Å². The van der Waals surface area contributed by atoms with E-state index in [1.54, 1.807) is 12.1 Å². The van der Waals surface area contributed by atoms with Crippen molar-refractivity contribution >= 4 is 11.6 Å². The third kappa shape index (κ3) is 3.29. The van der Waals surface area contributed by atoms with Gasteiger partial charge < -0.3 is 9.47 Å². The Balaban J connectivity index is 2.08. The molecule has 2 unspecified atom stereocenters. The fraction of sp³-hybridized carbons (Fsp3) is 0.500. The summed E-state index contributed by atoms with van der Waals surface area (Å²) in [6.07, 6.45) is -3.93. The third-order valence-corrected chi connectivity index (χ3v) is 3.25. The van der Waals surface area contributed by atoms with E-state index in [9.17, 15) is 13.2 Å². The lowest BCUT2D eigenvalue weighted by Gasteiger charge is -2.17. The molecule has 0 aliphatic carbocycles. The maximum Gasteiger partial charge on any atom is 0.573 e. The van der Waals surface area contributed by atoms with Crippen molar-refractivity contribution in [1.82, 2.24) is 0 Å². The Morgan fingerprint density at radius 1 is 1.28 bits per heavy atom. The lowest BCUT2D eigenvalue weighted by molar-refractivity contribution is -0.274. The molecule has 2 rings (SSSR count). The largest absolute Gasteiger partial charge is 0.573 e. The quantitative estimate of drug-likeness (QED) is 0.782. The van der Waals surface area contributed by atoms with Crippen LogP contribution in [0, 0.1) is 5.92 Å². The van der Waals surface area contributed by atoms with Crippen LogP contribution in [0.5, 0.6) is 5.75 Å². The van der Waals surface area contributed by atoms with E-state index < -0.39 is 6.36 Å². The van der Waals surface area contributed by atoms with E-state index in [1.807, 2.05) is 0 Å². The average Bonchev–Trinajstić information content (AvgIpc) is 2.76.